The van der Waals surface area contributed by atoms with Gasteiger partial charge in [0.25, 0.3) is 0 Å². The second-order valence-corrected chi connectivity index (χ2v) is 14.4. The summed E-state index contributed by atoms with van der Waals surface area (Å²) < 4.78 is 16.2. The Bertz CT molecular complexity index is 962. The van der Waals surface area contributed by atoms with Crippen LogP contribution in [-0.2, 0) is 28.6 Å². The van der Waals surface area contributed by atoms with Crippen LogP contribution in [0.5, 0.6) is 0 Å². The SMILES string of the molecule is CCC(C)(CC(C)(CC(C)(C)C(=O)OC)C(=O)OC)C(=O)OCC1(C)CC2CC1C1C3CC(C(O)C3O)C21. The van der Waals surface area contributed by atoms with E-state index in [1.807, 2.05) is 13.8 Å². The number of carbonyl (C=O) groups excluding carboxylic acids is 3. The molecule has 4 saturated carbocycles. The van der Waals surface area contributed by atoms with Gasteiger partial charge in [-0.25, -0.2) is 0 Å². The van der Waals surface area contributed by atoms with Gasteiger partial charge in [0.1, 0.15) is 0 Å². The van der Waals surface area contributed by atoms with E-state index in [4.69, 9.17) is 14.2 Å². The van der Waals surface area contributed by atoms with Gasteiger partial charge in [0, 0.05) is 5.41 Å². The van der Waals surface area contributed by atoms with Crippen LogP contribution in [0.2, 0.25) is 0 Å². The normalized spacial score (nSPS) is 40.3. The summed E-state index contributed by atoms with van der Waals surface area (Å²) in [4.78, 5) is 39.1. The second kappa shape index (κ2) is 9.76. The van der Waals surface area contributed by atoms with Crippen molar-refractivity contribution in [1.29, 1.82) is 0 Å². The van der Waals surface area contributed by atoms with Crippen molar-refractivity contribution < 1.29 is 38.8 Å². The molecule has 38 heavy (non-hydrogen) atoms. The molecule has 11 unspecified atom stereocenters. The fraction of sp³-hybridized carbons (Fsp3) is 0.900. The number of hydrogen-bond acceptors (Lipinski definition) is 8. The number of fused-ring (bicyclic) bond motifs is 9. The minimum atomic E-state index is -1.10. The molecule has 8 heteroatoms. The van der Waals surface area contributed by atoms with Crippen LogP contribution in [0.25, 0.3) is 0 Å². The molecule has 216 valence electrons. The third kappa shape index (κ3) is 4.47. The zero-order valence-corrected chi connectivity index (χ0v) is 24.4. The Kier molecular flexibility index (Phi) is 7.53. The lowest BCUT2D eigenvalue weighted by Crippen LogP contribution is -2.49. The monoisotopic (exact) mass is 536 g/mol. The van der Waals surface area contributed by atoms with Crippen molar-refractivity contribution in [1.82, 2.24) is 0 Å². The van der Waals surface area contributed by atoms with Gasteiger partial charge in [-0.05, 0) is 102 Å². The van der Waals surface area contributed by atoms with E-state index in [0.717, 1.165) is 19.3 Å². The fourth-order valence-corrected chi connectivity index (χ4v) is 9.58. The molecule has 4 aliphatic carbocycles. The van der Waals surface area contributed by atoms with Gasteiger partial charge in [-0.15, -0.1) is 0 Å². The number of aliphatic hydroxyl groups is 2. The molecule has 4 rings (SSSR count). The van der Waals surface area contributed by atoms with Crippen molar-refractivity contribution in [3.05, 3.63) is 0 Å². The number of rotatable bonds is 10. The van der Waals surface area contributed by atoms with Gasteiger partial charge in [0.2, 0.25) is 0 Å². The Morgan fingerprint density at radius 2 is 1.42 bits per heavy atom. The highest BCUT2D eigenvalue weighted by atomic mass is 16.5. The molecule has 4 fully saturated rings. The summed E-state index contributed by atoms with van der Waals surface area (Å²) in [5.74, 6) is 0.867. The number of esters is 3. The molecule has 0 aromatic carbocycles. The first-order valence-electron chi connectivity index (χ1n) is 14.3. The lowest BCUT2D eigenvalue weighted by molar-refractivity contribution is -0.170. The predicted octanol–water partition coefficient (Wildman–Crippen LogP) is 3.75. The minimum absolute atomic E-state index is 0.144. The first-order valence-corrected chi connectivity index (χ1v) is 14.3. The van der Waals surface area contributed by atoms with Crippen molar-refractivity contribution in [2.75, 3.05) is 20.8 Å². The molecular formula is C30H48O8. The average Bonchev–Trinajstić information content (AvgIpc) is 3.59. The Hall–Kier alpha value is -1.67. The second-order valence-electron chi connectivity index (χ2n) is 14.4. The summed E-state index contributed by atoms with van der Waals surface area (Å²) in [5.41, 5.74) is -3.15. The van der Waals surface area contributed by atoms with E-state index in [0.29, 0.717) is 36.7 Å². The van der Waals surface area contributed by atoms with E-state index >= 15 is 0 Å². The van der Waals surface area contributed by atoms with E-state index in [-0.39, 0.29) is 36.1 Å². The molecule has 8 nitrogen and oxygen atoms in total. The molecule has 0 spiro atoms. The molecule has 0 radical (unpaired) electrons. The predicted molar refractivity (Wildman–Crippen MR) is 139 cm³/mol. The van der Waals surface area contributed by atoms with Gasteiger partial charge >= 0.3 is 17.9 Å². The van der Waals surface area contributed by atoms with Crippen LogP contribution in [-0.4, -0.2) is 61.2 Å². The Morgan fingerprint density at radius 3 is 1.97 bits per heavy atom. The van der Waals surface area contributed by atoms with Crippen LogP contribution in [0, 0.1) is 57.2 Å². The van der Waals surface area contributed by atoms with Gasteiger partial charge in [-0.2, -0.15) is 0 Å². The molecular weight excluding hydrogens is 488 g/mol. The number of ether oxygens (including phenoxy) is 3. The molecule has 0 aromatic rings. The number of hydrogen-bond donors (Lipinski definition) is 2. The van der Waals surface area contributed by atoms with Gasteiger partial charge in [-0.3, -0.25) is 14.4 Å². The summed E-state index contributed by atoms with van der Waals surface area (Å²) in [5, 5.41) is 21.1. The lowest BCUT2D eigenvalue weighted by Gasteiger charge is -2.47. The van der Waals surface area contributed by atoms with Gasteiger partial charge < -0.3 is 24.4 Å². The van der Waals surface area contributed by atoms with E-state index in [9.17, 15) is 24.6 Å². The highest BCUT2D eigenvalue weighted by Gasteiger charge is 2.70. The average molecular weight is 537 g/mol. The number of methoxy groups -OCH3 is 2. The summed E-state index contributed by atoms with van der Waals surface area (Å²) >= 11 is 0. The maximum absolute atomic E-state index is 13.7. The third-order valence-corrected chi connectivity index (χ3v) is 11.2. The van der Waals surface area contributed by atoms with E-state index < -0.39 is 40.4 Å². The van der Waals surface area contributed by atoms with E-state index in [2.05, 4.69) is 6.92 Å². The fourth-order valence-electron chi connectivity index (χ4n) is 9.58. The molecule has 0 amide bonds. The van der Waals surface area contributed by atoms with Crippen molar-refractivity contribution in [2.45, 2.75) is 92.3 Å². The lowest BCUT2D eigenvalue weighted by atomic mass is 9.61. The Labute approximate surface area is 227 Å². The number of carbonyl (C=O) groups is 3. The van der Waals surface area contributed by atoms with E-state index in [1.165, 1.54) is 14.2 Å². The summed E-state index contributed by atoms with van der Waals surface area (Å²) in [6, 6.07) is 0. The summed E-state index contributed by atoms with van der Waals surface area (Å²) in [6.07, 6.45) is 2.54. The van der Waals surface area contributed by atoms with Gasteiger partial charge in [-0.1, -0.05) is 13.8 Å². The van der Waals surface area contributed by atoms with Crippen LogP contribution < -0.4 is 0 Å². The van der Waals surface area contributed by atoms with Crippen molar-refractivity contribution in [2.24, 2.45) is 57.2 Å². The molecule has 2 N–H and O–H groups in total. The summed E-state index contributed by atoms with van der Waals surface area (Å²) in [7, 11) is 2.65. The number of aliphatic hydroxyl groups excluding tert-OH is 2. The van der Waals surface area contributed by atoms with Crippen molar-refractivity contribution >= 4 is 17.9 Å². The molecule has 0 aliphatic heterocycles. The molecule has 11 atom stereocenters. The molecule has 0 aromatic heterocycles. The Balaban J connectivity index is 1.46. The van der Waals surface area contributed by atoms with E-state index in [1.54, 1.807) is 20.8 Å². The quantitative estimate of drug-likeness (QED) is 0.246. The zero-order valence-electron chi connectivity index (χ0n) is 24.4. The molecule has 4 aliphatic rings. The molecule has 0 heterocycles. The minimum Gasteiger partial charge on any atom is -0.469 e. The van der Waals surface area contributed by atoms with Crippen LogP contribution in [0.1, 0.15) is 80.1 Å². The topological polar surface area (TPSA) is 119 Å². The van der Waals surface area contributed by atoms with Crippen molar-refractivity contribution in [3.63, 3.8) is 0 Å². The zero-order chi connectivity index (χ0) is 28.4. The maximum atomic E-state index is 13.7. The molecule has 4 bridgehead atoms. The van der Waals surface area contributed by atoms with Crippen molar-refractivity contribution in [3.8, 4) is 0 Å². The molecule has 0 saturated heterocycles. The van der Waals surface area contributed by atoms with Gasteiger partial charge in [0.15, 0.2) is 0 Å². The largest absolute Gasteiger partial charge is 0.469 e. The standard InChI is InChI=1S/C30H48O8/c1-9-28(4,14-30(6,25(34)37-8)13-27(2,3)24(33)36-7)26(35)38-15-29(5)12-16-10-19(29)21-18-11-17(20(16)21)22(31)23(18)32/h16-23,31-32H,9-15H2,1-8H3. The smallest absolute Gasteiger partial charge is 0.311 e. The van der Waals surface area contributed by atoms with Crippen LogP contribution in [0.4, 0.5) is 0 Å². The maximum Gasteiger partial charge on any atom is 0.311 e. The van der Waals surface area contributed by atoms with Crippen LogP contribution in [0.15, 0.2) is 0 Å². The summed E-state index contributed by atoms with van der Waals surface area (Å²) in [6.45, 7) is 11.5. The third-order valence-electron chi connectivity index (χ3n) is 11.2. The van der Waals surface area contributed by atoms with Crippen LogP contribution >= 0.6 is 0 Å². The first kappa shape index (κ1) is 29.3. The Morgan fingerprint density at radius 1 is 0.842 bits per heavy atom. The van der Waals surface area contributed by atoms with Gasteiger partial charge in [0.05, 0.1) is 49.3 Å². The van der Waals surface area contributed by atoms with Crippen LogP contribution in [0.3, 0.4) is 0 Å². The highest BCUT2D eigenvalue weighted by Crippen LogP contribution is 2.71. The first-order chi connectivity index (χ1) is 17.6. The highest BCUT2D eigenvalue weighted by molar-refractivity contribution is 5.82.